The van der Waals surface area contributed by atoms with Gasteiger partial charge in [0.05, 0.1) is 10.9 Å². The maximum Gasteiger partial charge on any atom is 0.408 e. The topological polar surface area (TPSA) is 155 Å². The molecule has 0 aromatic heterocycles. The molecule has 1 aliphatic rings. The van der Waals surface area contributed by atoms with E-state index in [0.29, 0.717) is 12.4 Å². The van der Waals surface area contributed by atoms with E-state index in [-0.39, 0.29) is 18.0 Å². The fourth-order valence-corrected chi connectivity index (χ4v) is 5.98. The predicted molar refractivity (Wildman–Crippen MR) is 145 cm³/mol. The molecule has 3 N–H and O–H groups in total. The van der Waals surface area contributed by atoms with E-state index >= 15 is 0 Å². The van der Waals surface area contributed by atoms with Crippen LogP contribution in [0.25, 0.3) is 0 Å². The first-order valence-corrected chi connectivity index (χ1v) is 14.2. The molecule has 218 valence electrons. The SMILES string of the molecule is Cc1ccccc1COc1ccc(S(=O)(=O)N2CCN(C(=O)CNC(=O)OC(C)(C)C)C(C)C2C(=O)NO)cc1. The number of hydrogen-bond acceptors (Lipinski definition) is 8. The van der Waals surface area contributed by atoms with Crippen LogP contribution in [0.2, 0.25) is 0 Å². The molecule has 0 bridgehead atoms. The molecule has 0 aliphatic carbocycles. The van der Waals surface area contributed by atoms with Gasteiger partial charge in [-0.2, -0.15) is 4.31 Å². The minimum atomic E-state index is -4.21. The number of hydroxylamine groups is 1. The average Bonchev–Trinajstić information content (AvgIpc) is 2.90. The summed E-state index contributed by atoms with van der Waals surface area (Å²) in [6, 6.07) is 11.2. The van der Waals surface area contributed by atoms with Gasteiger partial charge in [0, 0.05) is 13.1 Å². The Morgan fingerprint density at radius 1 is 1.05 bits per heavy atom. The van der Waals surface area contributed by atoms with Crippen LogP contribution in [0.1, 0.15) is 38.8 Å². The summed E-state index contributed by atoms with van der Waals surface area (Å²) in [7, 11) is -4.21. The molecule has 40 heavy (non-hydrogen) atoms. The number of rotatable bonds is 8. The third-order valence-electron chi connectivity index (χ3n) is 6.39. The highest BCUT2D eigenvalue weighted by Crippen LogP contribution is 2.27. The number of piperazine rings is 1. The fourth-order valence-electron chi connectivity index (χ4n) is 4.34. The standard InChI is InChI=1S/C27H36N4O8S/c1-18-8-6-7-9-20(18)17-38-21-10-12-22(13-11-21)40(36,37)31-15-14-30(19(2)24(31)25(33)29-35)23(32)16-28-26(34)39-27(3,4)5/h6-13,19,24,35H,14-17H2,1-5H3,(H,28,34)(H,29,33). The highest BCUT2D eigenvalue weighted by atomic mass is 32.2. The van der Waals surface area contributed by atoms with Crippen LogP contribution in [0.3, 0.4) is 0 Å². The van der Waals surface area contributed by atoms with Gasteiger partial charge in [-0.1, -0.05) is 24.3 Å². The number of ether oxygens (including phenoxy) is 2. The summed E-state index contributed by atoms with van der Waals surface area (Å²) in [6.45, 7) is 8.16. The summed E-state index contributed by atoms with van der Waals surface area (Å²) in [4.78, 5) is 38.7. The molecule has 2 atom stereocenters. The summed E-state index contributed by atoms with van der Waals surface area (Å²) in [6.07, 6.45) is -0.786. The largest absolute Gasteiger partial charge is 0.489 e. The lowest BCUT2D eigenvalue weighted by atomic mass is 10.0. The Morgan fingerprint density at radius 3 is 2.30 bits per heavy atom. The Bertz CT molecular complexity index is 1320. The number of carbonyl (C=O) groups is 3. The van der Waals surface area contributed by atoms with Crippen molar-refractivity contribution in [2.24, 2.45) is 0 Å². The van der Waals surface area contributed by atoms with E-state index < -0.39 is 52.2 Å². The Hall–Kier alpha value is -3.68. The third-order valence-corrected chi connectivity index (χ3v) is 8.28. The minimum absolute atomic E-state index is 0.0396. The lowest BCUT2D eigenvalue weighted by Gasteiger charge is -2.44. The molecule has 2 aromatic carbocycles. The van der Waals surface area contributed by atoms with Crippen LogP contribution >= 0.6 is 0 Å². The van der Waals surface area contributed by atoms with E-state index in [1.165, 1.54) is 41.6 Å². The lowest BCUT2D eigenvalue weighted by Crippen LogP contribution is -2.66. The fraction of sp³-hybridized carbons (Fsp3) is 0.444. The third kappa shape index (κ3) is 7.49. The molecule has 2 aromatic rings. The lowest BCUT2D eigenvalue weighted by molar-refractivity contribution is -0.143. The smallest absolute Gasteiger partial charge is 0.408 e. The predicted octanol–water partition coefficient (Wildman–Crippen LogP) is 2.19. The van der Waals surface area contributed by atoms with Crippen LogP contribution in [0.5, 0.6) is 5.75 Å². The second-order valence-corrected chi connectivity index (χ2v) is 12.3. The molecule has 0 spiro atoms. The number of amides is 3. The van der Waals surface area contributed by atoms with E-state index in [4.69, 9.17) is 9.47 Å². The van der Waals surface area contributed by atoms with Gasteiger partial charge < -0.3 is 19.7 Å². The molecule has 2 unspecified atom stereocenters. The summed E-state index contributed by atoms with van der Waals surface area (Å²) in [5, 5.41) is 11.7. The molecule has 1 fully saturated rings. The highest BCUT2D eigenvalue weighted by molar-refractivity contribution is 7.89. The van der Waals surface area contributed by atoms with Gasteiger partial charge in [-0.05, 0) is 70.0 Å². The zero-order chi connectivity index (χ0) is 29.7. The normalized spacial score (nSPS) is 18.1. The van der Waals surface area contributed by atoms with Gasteiger partial charge >= 0.3 is 6.09 Å². The zero-order valence-corrected chi connectivity index (χ0v) is 24.0. The van der Waals surface area contributed by atoms with E-state index in [1.54, 1.807) is 20.8 Å². The van der Waals surface area contributed by atoms with Gasteiger partial charge in [0.1, 0.15) is 30.5 Å². The van der Waals surface area contributed by atoms with Crippen molar-refractivity contribution in [3.05, 3.63) is 59.7 Å². The molecular weight excluding hydrogens is 540 g/mol. The number of benzene rings is 2. The van der Waals surface area contributed by atoms with Crippen molar-refractivity contribution in [1.82, 2.24) is 20.0 Å². The molecule has 1 aliphatic heterocycles. The van der Waals surface area contributed by atoms with Crippen LogP contribution in [0, 0.1) is 6.92 Å². The Morgan fingerprint density at radius 2 is 1.70 bits per heavy atom. The molecule has 3 rings (SSSR count). The molecule has 3 amide bonds. The molecule has 1 heterocycles. The quantitative estimate of drug-likeness (QED) is 0.319. The van der Waals surface area contributed by atoms with Gasteiger partial charge in [0.25, 0.3) is 5.91 Å². The van der Waals surface area contributed by atoms with E-state index in [9.17, 15) is 28.0 Å². The van der Waals surface area contributed by atoms with Crippen molar-refractivity contribution in [2.75, 3.05) is 19.6 Å². The molecule has 13 heteroatoms. The minimum Gasteiger partial charge on any atom is -0.489 e. The number of hydrogen-bond donors (Lipinski definition) is 3. The van der Waals surface area contributed by atoms with Gasteiger partial charge in [-0.3, -0.25) is 14.8 Å². The summed E-state index contributed by atoms with van der Waals surface area (Å²) in [5.74, 6) is -1.07. The van der Waals surface area contributed by atoms with Gasteiger partial charge in [0.15, 0.2) is 0 Å². The van der Waals surface area contributed by atoms with Crippen LogP contribution in [0.15, 0.2) is 53.4 Å². The van der Waals surface area contributed by atoms with Gasteiger partial charge in [-0.25, -0.2) is 18.7 Å². The van der Waals surface area contributed by atoms with E-state index in [1.807, 2.05) is 31.2 Å². The van der Waals surface area contributed by atoms with Crippen molar-refractivity contribution in [3.63, 3.8) is 0 Å². The zero-order valence-electron chi connectivity index (χ0n) is 23.2. The average molecular weight is 577 g/mol. The monoisotopic (exact) mass is 576 g/mol. The second kappa shape index (κ2) is 12.7. The van der Waals surface area contributed by atoms with Crippen molar-refractivity contribution >= 4 is 27.9 Å². The number of nitrogens with zero attached hydrogens (tertiary/aromatic N) is 2. The Labute approximate surface area is 234 Å². The van der Waals surface area contributed by atoms with Crippen molar-refractivity contribution in [1.29, 1.82) is 0 Å². The Balaban J connectivity index is 1.73. The maximum atomic E-state index is 13.6. The van der Waals surface area contributed by atoms with E-state index in [2.05, 4.69) is 5.32 Å². The van der Waals surface area contributed by atoms with Crippen molar-refractivity contribution in [2.45, 2.75) is 63.8 Å². The maximum absolute atomic E-state index is 13.6. The summed E-state index contributed by atoms with van der Waals surface area (Å²) in [5.41, 5.74) is 2.82. The first-order valence-electron chi connectivity index (χ1n) is 12.7. The van der Waals surface area contributed by atoms with Crippen LogP contribution in [-0.2, 0) is 31.0 Å². The van der Waals surface area contributed by atoms with E-state index in [0.717, 1.165) is 15.4 Å². The molecular formula is C27H36N4O8S. The van der Waals surface area contributed by atoms with Crippen LogP contribution in [-0.4, -0.2) is 78.1 Å². The summed E-state index contributed by atoms with van der Waals surface area (Å²) >= 11 is 0. The van der Waals surface area contributed by atoms with Crippen LogP contribution < -0.4 is 15.5 Å². The number of nitrogens with one attached hydrogen (secondary N) is 2. The summed E-state index contributed by atoms with van der Waals surface area (Å²) < 4.78 is 39.0. The molecule has 12 nitrogen and oxygen atoms in total. The Kier molecular flexibility index (Phi) is 9.77. The van der Waals surface area contributed by atoms with Gasteiger partial charge in [-0.15, -0.1) is 0 Å². The first kappa shape index (κ1) is 30.9. The highest BCUT2D eigenvalue weighted by Gasteiger charge is 2.46. The van der Waals surface area contributed by atoms with Gasteiger partial charge in [0.2, 0.25) is 15.9 Å². The second-order valence-electron chi connectivity index (χ2n) is 10.4. The molecule has 1 saturated heterocycles. The molecule has 0 radical (unpaired) electrons. The van der Waals surface area contributed by atoms with Crippen LogP contribution in [0.4, 0.5) is 4.79 Å². The number of aryl methyl sites for hydroxylation is 1. The van der Waals surface area contributed by atoms with Crippen molar-refractivity contribution in [3.8, 4) is 5.75 Å². The number of carbonyl (C=O) groups excluding carboxylic acids is 3. The first-order chi connectivity index (χ1) is 18.7. The number of sulfonamides is 1. The molecule has 0 saturated carbocycles. The van der Waals surface area contributed by atoms with Crippen molar-refractivity contribution < 1.29 is 37.5 Å². The number of alkyl carbamates (subject to hydrolysis) is 1.